The van der Waals surface area contributed by atoms with Gasteiger partial charge in [-0.25, -0.2) is 23.5 Å². The molecule has 0 saturated heterocycles. The Morgan fingerprint density at radius 2 is 2.20 bits per heavy atom. The van der Waals surface area contributed by atoms with Crippen LogP contribution in [0.4, 0.5) is 5.13 Å². The number of carbonyl (C=O) groups is 1. The van der Waals surface area contributed by atoms with E-state index < -0.39 is 15.9 Å². The Hall–Kier alpha value is -1.36. The van der Waals surface area contributed by atoms with Crippen LogP contribution < -0.4 is 10.5 Å². The predicted molar refractivity (Wildman–Crippen MR) is 78.1 cm³/mol. The van der Waals surface area contributed by atoms with Gasteiger partial charge in [-0.05, 0) is 35.0 Å². The SMILES string of the molecule is Cc1nc(NC(=O)c2ncccc2Br)sc1S(N)(=O)=O. The number of hydrogen-bond donors (Lipinski definition) is 2. The summed E-state index contributed by atoms with van der Waals surface area (Å²) in [4.78, 5) is 19.9. The second kappa shape index (κ2) is 5.56. The zero-order valence-corrected chi connectivity index (χ0v) is 13.3. The number of nitrogens with two attached hydrogens (primary N) is 1. The molecule has 106 valence electrons. The highest BCUT2D eigenvalue weighted by Gasteiger charge is 2.20. The molecule has 2 aromatic heterocycles. The summed E-state index contributed by atoms with van der Waals surface area (Å²) < 4.78 is 23.0. The van der Waals surface area contributed by atoms with Crippen LogP contribution in [0.2, 0.25) is 0 Å². The van der Waals surface area contributed by atoms with Crippen LogP contribution in [0.5, 0.6) is 0 Å². The molecule has 0 aliphatic carbocycles. The van der Waals surface area contributed by atoms with Gasteiger partial charge in [0.25, 0.3) is 5.91 Å². The van der Waals surface area contributed by atoms with Gasteiger partial charge in [0.15, 0.2) is 9.34 Å². The number of hydrogen-bond acceptors (Lipinski definition) is 6. The van der Waals surface area contributed by atoms with Crippen LogP contribution in [0, 0.1) is 6.92 Å². The Labute approximate surface area is 127 Å². The van der Waals surface area contributed by atoms with E-state index in [0.29, 0.717) is 4.47 Å². The molecule has 0 saturated carbocycles. The van der Waals surface area contributed by atoms with Crippen LogP contribution in [-0.4, -0.2) is 24.3 Å². The number of halogens is 1. The Bertz CT molecular complexity index is 773. The molecule has 0 atom stereocenters. The standard InChI is InChI=1S/C10H9BrN4O3S2/c1-5-9(20(12,17)18)19-10(14-5)15-8(16)7-6(11)3-2-4-13-7/h2-4H,1H3,(H2,12,17,18)(H,14,15,16). The maximum atomic E-state index is 12.0. The number of carbonyl (C=O) groups excluding carboxylic acids is 1. The summed E-state index contributed by atoms with van der Waals surface area (Å²) >= 11 is 4.00. The maximum Gasteiger partial charge on any atom is 0.277 e. The number of pyridine rings is 1. The van der Waals surface area contributed by atoms with Gasteiger partial charge in [0.2, 0.25) is 10.0 Å². The van der Waals surface area contributed by atoms with Gasteiger partial charge in [0.1, 0.15) is 5.69 Å². The first-order valence-corrected chi connectivity index (χ1v) is 8.36. The normalized spacial score (nSPS) is 11.3. The van der Waals surface area contributed by atoms with Crippen LogP contribution in [-0.2, 0) is 10.0 Å². The Balaban J connectivity index is 2.28. The molecule has 2 aromatic rings. The summed E-state index contributed by atoms with van der Waals surface area (Å²) in [5.74, 6) is -0.493. The largest absolute Gasteiger partial charge is 0.296 e. The number of rotatable bonds is 3. The van der Waals surface area contributed by atoms with E-state index >= 15 is 0 Å². The summed E-state index contributed by atoms with van der Waals surface area (Å²) in [7, 11) is -3.84. The molecule has 0 aliphatic heterocycles. The summed E-state index contributed by atoms with van der Waals surface area (Å²) in [5.41, 5.74) is 0.422. The minimum atomic E-state index is -3.84. The molecule has 2 rings (SSSR count). The maximum absolute atomic E-state index is 12.0. The molecule has 0 bridgehead atoms. The van der Waals surface area contributed by atoms with Crippen molar-refractivity contribution in [2.75, 3.05) is 5.32 Å². The number of thiazole rings is 1. The molecular formula is C10H9BrN4O3S2. The third-order valence-corrected chi connectivity index (χ3v) is 5.47. The third-order valence-electron chi connectivity index (χ3n) is 2.21. The lowest BCUT2D eigenvalue weighted by Gasteiger charge is -2.02. The van der Waals surface area contributed by atoms with Crippen molar-refractivity contribution in [2.45, 2.75) is 11.1 Å². The molecule has 3 N–H and O–H groups in total. The lowest BCUT2D eigenvalue weighted by molar-refractivity contribution is 0.102. The molecule has 0 radical (unpaired) electrons. The van der Waals surface area contributed by atoms with Crippen molar-refractivity contribution in [1.82, 2.24) is 9.97 Å². The van der Waals surface area contributed by atoms with E-state index in [2.05, 4.69) is 31.2 Å². The van der Waals surface area contributed by atoms with Gasteiger partial charge in [-0.1, -0.05) is 11.3 Å². The predicted octanol–water partition coefficient (Wildman–Crippen LogP) is 1.51. The van der Waals surface area contributed by atoms with E-state index in [-0.39, 0.29) is 20.7 Å². The Morgan fingerprint density at radius 1 is 1.50 bits per heavy atom. The van der Waals surface area contributed by atoms with Crippen LogP contribution in [0.15, 0.2) is 27.0 Å². The van der Waals surface area contributed by atoms with E-state index in [1.165, 1.54) is 13.1 Å². The zero-order valence-electron chi connectivity index (χ0n) is 10.1. The first kappa shape index (κ1) is 15.0. The van der Waals surface area contributed by atoms with Crippen molar-refractivity contribution < 1.29 is 13.2 Å². The Kier molecular flexibility index (Phi) is 4.18. The second-order valence-corrected chi connectivity index (χ2v) is 7.33. The van der Waals surface area contributed by atoms with Crippen molar-refractivity contribution in [2.24, 2.45) is 5.14 Å². The molecular weight excluding hydrogens is 368 g/mol. The summed E-state index contributed by atoms with van der Waals surface area (Å²) in [6.45, 7) is 1.50. The van der Waals surface area contributed by atoms with E-state index in [0.717, 1.165) is 11.3 Å². The van der Waals surface area contributed by atoms with E-state index in [1.807, 2.05) is 0 Å². The lowest BCUT2D eigenvalue weighted by Crippen LogP contribution is -2.14. The van der Waals surface area contributed by atoms with Gasteiger partial charge in [-0.2, -0.15) is 0 Å². The van der Waals surface area contributed by atoms with Crippen molar-refractivity contribution in [1.29, 1.82) is 0 Å². The van der Waals surface area contributed by atoms with E-state index in [4.69, 9.17) is 5.14 Å². The van der Waals surface area contributed by atoms with E-state index in [1.54, 1.807) is 12.1 Å². The quantitative estimate of drug-likeness (QED) is 0.841. The Morgan fingerprint density at radius 3 is 2.75 bits per heavy atom. The van der Waals surface area contributed by atoms with Crippen molar-refractivity contribution in [3.63, 3.8) is 0 Å². The number of sulfonamides is 1. The van der Waals surface area contributed by atoms with Gasteiger partial charge in [0.05, 0.1) is 5.69 Å². The second-order valence-electron chi connectivity index (χ2n) is 3.72. The highest BCUT2D eigenvalue weighted by atomic mass is 79.9. The molecule has 7 nitrogen and oxygen atoms in total. The topological polar surface area (TPSA) is 115 Å². The number of aromatic nitrogens is 2. The minimum Gasteiger partial charge on any atom is -0.296 e. The van der Waals surface area contributed by atoms with Gasteiger partial charge < -0.3 is 0 Å². The molecule has 10 heteroatoms. The van der Waals surface area contributed by atoms with Crippen molar-refractivity contribution >= 4 is 48.3 Å². The van der Waals surface area contributed by atoms with Gasteiger partial charge in [0, 0.05) is 10.7 Å². The molecule has 0 aliphatic rings. The third kappa shape index (κ3) is 3.20. The van der Waals surface area contributed by atoms with Gasteiger partial charge in [-0.3, -0.25) is 10.1 Å². The number of aryl methyl sites for hydroxylation is 1. The fraction of sp³-hybridized carbons (Fsp3) is 0.100. The highest BCUT2D eigenvalue weighted by Crippen LogP contribution is 2.26. The first-order chi connectivity index (χ1) is 9.29. The van der Waals surface area contributed by atoms with Gasteiger partial charge >= 0.3 is 0 Å². The fourth-order valence-corrected chi connectivity index (χ4v) is 3.70. The molecule has 2 heterocycles. The van der Waals surface area contributed by atoms with Crippen LogP contribution in [0.25, 0.3) is 0 Å². The van der Waals surface area contributed by atoms with Crippen LogP contribution >= 0.6 is 27.3 Å². The average molecular weight is 377 g/mol. The average Bonchev–Trinajstić information content (AvgIpc) is 2.70. The van der Waals surface area contributed by atoms with Gasteiger partial charge in [-0.15, -0.1) is 0 Å². The van der Waals surface area contributed by atoms with Crippen molar-refractivity contribution in [3.05, 3.63) is 34.2 Å². The fourth-order valence-electron chi connectivity index (χ4n) is 1.41. The number of nitrogens with one attached hydrogen (secondary N) is 1. The number of anilines is 1. The monoisotopic (exact) mass is 376 g/mol. The first-order valence-electron chi connectivity index (χ1n) is 5.21. The van der Waals surface area contributed by atoms with E-state index in [9.17, 15) is 13.2 Å². The van der Waals surface area contributed by atoms with Crippen molar-refractivity contribution in [3.8, 4) is 0 Å². The number of amides is 1. The zero-order chi connectivity index (χ0) is 14.9. The molecule has 20 heavy (non-hydrogen) atoms. The molecule has 0 fully saturated rings. The lowest BCUT2D eigenvalue weighted by atomic mass is 10.3. The summed E-state index contributed by atoms with van der Waals surface area (Å²) in [5, 5.41) is 7.68. The van der Waals surface area contributed by atoms with Crippen LogP contribution in [0.3, 0.4) is 0 Å². The summed E-state index contributed by atoms with van der Waals surface area (Å²) in [6, 6.07) is 3.35. The van der Waals surface area contributed by atoms with Crippen LogP contribution in [0.1, 0.15) is 16.2 Å². The molecule has 0 aromatic carbocycles. The molecule has 1 amide bonds. The molecule has 0 spiro atoms. The number of nitrogens with zero attached hydrogens (tertiary/aromatic N) is 2. The molecule has 0 unspecified atom stereocenters. The minimum absolute atomic E-state index is 0.0760. The smallest absolute Gasteiger partial charge is 0.277 e. The summed E-state index contributed by atoms with van der Waals surface area (Å²) in [6.07, 6.45) is 1.47. The highest BCUT2D eigenvalue weighted by molar-refractivity contribution is 9.10. The number of primary sulfonamides is 1.